The number of carbonyl (C=O) groups excluding carboxylic acids is 5. The van der Waals surface area contributed by atoms with Crippen LogP contribution >= 0.6 is 0 Å². The lowest BCUT2D eigenvalue weighted by Gasteiger charge is -2.38. The summed E-state index contributed by atoms with van der Waals surface area (Å²) in [4.78, 5) is 67.8. The molecular formula is C27H43N7O8. The van der Waals surface area contributed by atoms with Crippen molar-refractivity contribution in [2.75, 3.05) is 111 Å². The summed E-state index contributed by atoms with van der Waals surface area (Å²) >= 11 is 0. The average Bonchev–Trinajstić information content (AvgIpc) is 2.98. The third-order valence-corrected chi connectivity index (χ3v) is 6.79. The molecular weight excluding hydrogens is 550 g/mol. The van der Waals surface area contributed by atoms with Crippen molar-refractivity contribution >= 4 is 41.0 Å². The molecule has 1 saturated heterocycles. The number of hydrogen-bond donors (Lipinski definition) is 2. The summed E-state index contributed by atoms with van der Waals surface area (Å²) in [6, 6.07) is 6.67. The van der Waals surface area contributed by atoms with E-state index < -0.39 is 36.0 Å². The van der Waals surface area contributed by atoms with E-state index in [1.54, 1.807) is 29.3 Å². The molecule has 1 aliphatic rings. The van der Waals surface area contributed by atoms with Crippen LogP contribution in [-0.4, -0.2) is 149 Å². The Bertz CT molecular complexity index is 1020. The van der Waals surface area contributed by atoms with Crippen LogP contribution in [0.2, 0.25) is 0 Å². The first kappa shape index (κ1) is 34.6. The van der Waals surface area contributed by atoms with Crippen LogP contribution in [0.4, 0.5) is 11.4 Å². The highest BCUT2D eigenvalue weighted by molar-refractivity contribution is 6.05. The molecule has 1 aromatic rings. The van der Waals surface area contributed by atoms with Crippen LogP contribution in [0.3, 0.4) is 0 Å². The molecule has 0 radical (unpaired) electrons. The van der Waals surface area contributed by atoms with Gasteiger partial charge in [-0.15, -0.1) is 0 Å². The van der Waals surface area contributed by atoms with Gasteiger partial charge in [-0.2, -0.15) is 0 Å². The number of benzene rings is 1. The Hall–Kier alpha value is -3.63. The molecule has 0 aromatic heterocycles. The predicted octanol–water partition coefficient (Wildman–Crippen LogP) is -1.82. The minimum atomic E-state index is -0.481. The lowest BCUT2D eigenvalue weighted by atomic mass is 10.2. The quantitative estimate of drug-likeness (QED) is 0.127. The number of ether oxygens (including phenoxy) is 3. The number of hydrogen-bond acceptors (Lipinski definition) is 14. The molecule has 42 heavy (non-hydrogen) atoms. The van der Waals surface area contributed by atoms with Crippen molar-refractivity contribution in [1.82, 2.24) is 19.7 Å². The molecule has 0 unspecified atom stereocenters. The van der Waals surface area contributed by atoms with E-state index in [2.05, 4.69) is 0 Å². The second-order valence-corrected chi connectivity index (χ2v) is 9.73. The molecule has 0 aliphatic carbocycles. The van der Waals surface area contributed by atoms with Gasteiger partial charge >= 0.3 is 17.9 Å². The maximum absolute atomic E-state index is 13.5. The van der Waals surface area contributed by atoms with Crippen LogP contribution in [0.1, 0.15) is 6.42 Å². The van der Waals surface area contributed by atoms with Gasteiger partial charge in [-0.1, -0.05) is 0 Å². The van der Waals surface area contributed by atoms with Gasteiger partial charge in [0.2, 0.25) is 5.91 Å². The summed E-state index contributed by atoms with van der Waals surface area (Å²) in [5, 5.41) is 3.20. The summed E-state index contributed by atoms with van der Waals surface area (Å²) in [5.74, 6) is -2.17. The Kier molecular flexibility index (Phi) is 14.8. The number of hydrazine groups is 1. The number of carbonyl (C=O) groups is 5. The van der Waals surface area contributed by atoms with Gasteiger partial charge in [0.15, 0.2) is 5.78 Å². The Labute approximate surface area is 246 Å². The molecule has 234 valence electrons. The third-order valence-electron chi connectivity index (χ3n) is 6.79. The van der Waals surface area contributed by atoms with Gasteiger partial charge in [0, 0.05) is 58.0 Å². The molecule has 0 bridgehead atoms. The number of rotatable bonds is 11. The normalized spacial score (nSPS) is 16.5. The third kappa shape index (κ3) is 11.7. The van der Waals surface area contributed by atoms with Crippen LogP contribution < -0.4 is 16.5 Å². The summed E-state index contributed by atoms with van der Waals surface area (Å²) in [6.07, 6.45) is -0.405. The van der Waals surface area contributed by atoms with Crippen molar-refractivity contribution in [3.8, 4) is 0 Å². The fourth-order valence-corrected chi connectivity index (χ4v) is 4.34. The van der Waals surface area contributed by atoms with Gasteiger partial charge in [0.25, 0.3) is 0 Å². The van der Waals surface area contributed by atoms with E-state index in [0.717, 1.165) is 0 Å². The van der Waals surface area contributed by atoms with Crippen molar-refractivity contribution in [2.45, 2.75) is 6.42 Å². The van der Waals surface area contributed by atoms with Gasteiger partial charge in [0.1, 0.15) is 0 Å². The Morgan fingerprint density at radius 3 is 1.43 bits per heavy atom. The maximum atomic E-state index is 13.5. The van der Waals surface area contributed by atoms with E-state index in [0.29, 0.717) is 50.6 Å². The van der Waals surface area contributed by atoms with Gasteiger partial charge in [-0.25, -0.2) is 10.0 Å². The minimum absolute atomic E-state index is 0.00759. The monoisotopic (exact) mass is 593 g/mol. The van der Waals surface area contributed by atoms with Crippen LogP contribution in [0.25, 0.3) is 0 Å². The van der Waals surface area contributed by atoms with Crippen molar-refractivity contribution in [1.29, 1.82) is 0 Å². The zero-order valence-corrected chi connectivity index (χ0v) is 24.7. The number of esters is 3. The van der Waals surface area contributed by atoms with E-state index in [4.69, 9.17) is 25.7 Å². The molecule has 0 atom stereocenters. The zero-order valence-electron chi connectivity index (χ0n) is 24.7. The minimum Gasteiger partial charge on any atom is -0.468 e. The van der Waals surface area contributed by atoms with Crippen molar-refractivity contribution in [3.63, 3.8) is 0 Å². The lowest BCUT2D eigenvalue weighted by Crippen LogP contribution is -2.54. The Morgan fingerprint density at radius 1 is 0.690 bits per heavy atom. The zero-order chi connectivity index (χ0) is 31.1. The van der Waals surface area contributed by atoms with Gasteiger partial charge in [-0.3, -0.25) is 38.7 Å². The van der Waals surface area contributed by atoms with Gasteiger partial charge < -0.3 is 25.7 Å². The predicted molar refractivity (Wildman–Crippen MR) is 154 cm³/mol. The smallest absolute Gasteiger partial charge is 0.319 e. The highest BCUT2D eigenvalue weighted by atomic mass is 16.5. The molecule has 2 rings (SSSR count). The standard InChI is InChI=1S/C27H43N7O8/c1-40-25(37)18-30-8-10-31(19-26(38)41-2)12-14-33(15-13-32(11-9-30)20-27(39)42-3)34(24(36)16-23(35)17-28)22-6-4-21(29)5-7-22/h4-7H,8-20,28-29H2,1-3H3. The number of methoxy groups -OCH3 is 3. The molecule has 0 spiro atoms. The number of Topliss-reactive ketones (excluding diaryl/α,β-unsaturated/α-hetero) is 1. The SMILES string of the molecule is COC(=O)CN1CCN(CC(=O)OC)CCN(N(C(=O)CC(=O)CN)c2ccc(N)cc2)CCN(CC(=O)OC)CC1. The molecule has 4 N–H and O–H groups in total. The van der Waals surface area contributed by atoms with Gasteiger partial charge in [0.05, 0.1) is 59.6 Å². The summed E-state index contributed by atoms with van der Waals surface area (Å²) in [7, 11) is 3.93. The van der Waals surface area contributed by atoms with E-state index in [9.17, 15) is 24.0 Å². The van der Waals surface area contributed by atoms with E-state index >= 15 is 0 Å². The summed E-state index contributed by atoms with van der Waals surface area (Å²) < 4.78 is 14.6. The molecule has 1 amide bonds. The fourth-order valence-electron chi connectivity index (χ4n) is 4.34. The van der Waals surface area contributed by atoms with Crippen molar-refractivity contribution < 1.29 is 38.2 Å². The van der Waals surface area contributed by atoms with Crippen molar-refractivity contribution in [2.24, 2.45) is 5.73 Å². The average molecular weight is 594 g/mol. The van der Waals surface area contributed by atoms with Crippen LogP contribution in [-0.2, 0) is 38.2 Å². The molecule has 1 aliphatic heterocycles. The fraction of sp³-hybridized carbons (Fsp3) is 0.593. The lowest BCUT2D eigenvalue weighted by molar-refractivity contribution is -0.144. The summed E-state index contributed by atoms with van der Waals surface area (Å²) in [5.41, 5.74) is 12.4. The highest BCUT2D eigenvalue weighted by Gasteiger charge is 2.28. The molecule has 1 aromatic carbocycles. The Morgan fingerprint density at radius 2 is 1.07 bits per heavy atom. The van der Waals surface area contributed by atoms with E-state index in [1.165, 1.54) is 26.3 Å². The highest BCUT2D eigenvalue weighted by Crippen LogP contribution is 2.20. The van der Waals surface area contributed by atoms with E-state index in [-0.39, 0.29) is 39.3 Å². The van der Waals surface area contributed by atoms with Crippen LogP contribution in [0.5, 0.6) is 0 Å². The molecule has 1 fully saturated rings. The second kappa shape index (κ2) is 18.0. The van der Waals surface area contributed by atoms with Gasteiger partial charge in [-0.05, 0) is 24.3 Å². The van der Waals surface area contributed by atoms with Crippen LogP contribution in [0.15, 0.2) is 24.3 Å². The summed E-state index contributed by atoms with van der Waals surface area (Å²) in [6.45, 7) is 2.60. The number of amides is 1. The Balaban J connectivity index is 2.45. The number of nitrogens with zero attached hydrogens (tertiary/aromatic N) is 5. The van der Waals surface area contributed by atoms with Crippen molar-refractivity contribution in [3.05, 3.63) is 24.3 Å². The first-order chi connectivity index (χ1) is 20.1. The molecule has 15 heteroatoms. The first-order valence-corrected chi connectivity index (χ1v) is 13.6. The largest absolute Gasteiger partial charge is 0.468 e. The number of anilines is 2. The topological polar surface area (TPSA) is 181 Å². The molecule has 1 heterocycles. The molecule has 0 saturated carbocycles. The molecule has 15 nitrogen and oxygen atoms in total. The number of nitrogen functional groups attached to an aromatic ring is 1. The van der Waals surface area contributed by atoms with Crippen LogP contribution in [0, 0.1) is 0 Å². The number of nitrogens with two attached hydrogens (primary N) is 2. The maximum Gasteiger partial charge on any atom is 0.319 e. The number of ketones is 1. The second-order valence-electron chi connectivity index (χ2n) is 9.73. The van der Waals surface area contributed by atoms with E-state index in [1.807, 2.05) is 14.7 Å². The first-order valence-electron chi connectivity index (χ1n) is 13.6.